The van der Waals surface area contributed by atoms with Gasteiger partial charge in [0.2, 0.25) is 0 Å². The lowest BCUT2D eigenvalue weighted by atomic mass is 10.1. The Morgan fingerprint density at radius 3 is 2.90 bits per heavy atom. The quantitative estimate of drug-likeness (QED) is 0.886. The van der Waals surface area contributed by atoms with Crippen LogP contribution in [-0.4, -0.2) is 54.2 Å². The van der Waals surface area contributed by atoms with Gasteiger partial charge in [0.25, 0.3) is 5.91 Å². The Kier molecular flexibility index (Phi) is 4.95. The maximum Gasteiger partial charge on any atom is 0.254 e. The van der Waals surface area contributed by atoms with E-state index in [-0.39, 0.29) is 12.5 Å². The first-order valence-corrected chi connectivity index (χ1v) is 7.18. The first-order chi connectivity index (χ1) is 9.63. The van der Waals surface area contributed by atoms with Crippen molar-refractivity contribution in [3.8, 4) is 0 Å². The van der Waals surface area contributed by atoms with E-state index >= 15 is 0 Å². The maximum absolute atomic E-state index is 11.8. The number of aromatic nitrogens is 1. The smallest absolute Gasteiger partial charge is 0.254 e. The monoisotopic (exact) mass is 277 g/mol. The van der Waals surface area contributed by atoms with E-state index in [0.29, 0.717) is 11.6 Å². The van der Waals surface area contributed by atoms with Crippen molar-refractivity contribution >= 4 is 11.7 Å². The lowest BCUT2D eigenvalue weighted by Crippen LogP contribution is -2.30. The molecule has 0 bridgehead atoms. The van der Waals surface area contributed by atoms with Gasteiger partial charge in [0.15, 0.2) is 0 Å². The van der Waals surface area contributed by atoms with Gasteiger partial charge in [0.1, 0.15) is 5.82 Å². The molecule has 1 unspecified atom stereocenters. The summed E-state index contributed by atoms with van der Waals surface area (Å²) in [6.45, 7) is 1.25. The Hall–Kier alpha value is -1.62. The Balaban J connectivity index is 2.07. The number of carbonyl (C=O) groups excluding carboxylic acids is 1. The fourth-order valence-corrected chi connectivity index (χ4v) is 2.71. The number of anilines is 1. The van der Waals surface area contributed by atoms with Crippen LogP contribution in [0.5, 0.6) is 0 Å². The van der Waals surface area contributed by atoms with Crippen LogP contribution < -0.4 is 4.90 Å². The lowest BCUT2D eigenvalue weighted by Gasteiger charge is -2.25. The molecule has 20 heavy (non-hydrogen) atoms. The molecule has 5 heteroatoms. The van der Waals surface area contributed by atoms with E-state index in [1.54, 1.807) is 25.2 Å². The summed E-state index contributed by atoms with van der Waals surface area (Å²) >= 11 is 0. The largest absolute Gasteiger partial charge is 0.396 e. The first kappa shape index (κ1) is 14.8. The van der Waals surface area contributed by atoms with Crippen molar-refractivity contribution in [2.24, 2.45) is 0 Å². The van der Waals surface area contributed by atoms with Crippen LogP contribution >= 0.6 is 0 Å². The van der Waals surface area contributed by atoms with Gasteiger partial charge < -0.3 is 14.9 Å². The summed E-state index contributed by atoms with van der Waals surface area (Å²) < 4.78 is 0. The van der Waals surface area contributed by atoms with E-state index in [9.17, 15) is 4.79 Å². The molecule has 5 nitrogen and oxygen atoms in total. The van der Waals surface area contributed by atoms with E-state index in [0.717, 1.165) is 38.0 Å². The van der Waals surface area contributed by atoms with Gasteiger partial charge in [-0.25, -0.2) is 4.98 Å². The van der Waals surface area contributed by atoms with Crippen LogP contribution in [0.4, 0.5) is 5.82 Å². The zero-order chi connectivity index (χ0) is 14.5. The van der Waals surface area contributed by atoms with Crippen molar-refractivity contribution in [1.29, 1.82) is 0 Å². The number of hydrogen-bond acceptors (Lipinski definition) is 4. The van der Waals surface area contributed by atoms with Gasteiger partial charge in [-0.3, -0.25) is 4.79 Å². The van der Waals surface area contributed by atoms with Crippen molar-refractivity contribution in [2.75, 3.05) is 32.1 Å². The van der Waals surface area contributed by atoms with E-state index < -0.39 is 0 Å². The molecule has 0 saturated carbocycles. The molecule has 1 aromatic heterocycles. The Morgan fingerprint density at radius 1 is 1.50 bits per heavy atom. The maximum atomic E-state index is 11.8. The summed E-state index contributed by atoms with van der Waals surface area (Å²) in [6, 6.07) is 4.23. The Bertz CT molecular complexity index is 445. The fraction of sp³-hybridized carbons (Fsp3) is 0.600. The predicted molar refractivity (Wildman–Crippen MR) is 78.9 cm³/mol. The van der Waals surface area contributed by atoms with Gasteiger partial charge in [0, 0.05) is 39.5 Å². The molecule has 2 heterocycles. The van der Waals surface area contributed by atoms with Gasteiger partial charge >= 0.3 is 0 Å². The van der Waals surface area contributed by atoms with Crippen LogP contribution in [0.3, 0.4) is 0 Å². The molecule has 1 aliphatic heterocycles. The Labute approximate surface area is 120 Å². The molecule has 2 rings (SSSR count). The Morgan fingerprint density at radius 2 is 2.30 bits per heavy atom. The minimum absolute atomic E-state index is 0.0256. The molecule has 0 spiro atoms. The van der Waals surface area contributed by atoms with Crippen LogP contribution in [0, 0.1) is 0 Å². The van der Waals surface area contributed by atoms with Crippen LogP contribution in [0.25, 0.3) is 0 Å². The summed E-state index contributed by atoms with van der Waals surface area (Å²) in [6.07, 6.45) is 5.80. The third-order valence-electron chi connectivity index (χ3n) is 3.77. The lowest BCUT2D eigenvalue weighted by molar-refractivity contribution is 0.0827. The second-order valence-electron chi connectivity index (χ2n) is 5.46. The summed E-state index contributed by atoms with van der Waals surface area (Å²) in [5.41, 5.74) is 0.616. The van der Waals surface area contributed by atoms with Crippen LogP contribution in [-0.2, 0) is 0 Å². The highest BCUT2D eigenvalue weighted by Gasteiger charge is 2.25. The number of aliphatic hydroxyl groups is 1. The van der Waals surface area contributed by atoms with Crippen LogP contribution in [0.2, 0.25) is 0 Å². The van der Waals surface area contributed by atoms with E-state index in [1.165, 1.54) is 0 Å². The van der Waals surface area contributed by atoms with Gasteiger partial charge in [-0.05, 0) is 37.8 Å². The number of rotatable bonds is 5. The summed E-state index contributed by atoms with van der Waals surface area (Å²) in [5, 5.41) is 8.96. The number of hydrogen-bond donors (Lipinski definition) is 1. The van der Waals surface area contributed by atoms with Crippen molar-refractivity contribution < 1.29 is 9.90 Å². The van der Waals surface area contributed by atoms with Crippen molar-refractivity contribution in [3.63, 3.8) is 0 Å². The summed E-state index contributed by atoms with van der Waals surface area (Å²) in [7, 11) is 3.48. The van der Waals surface area contributed by atoms with Crippen LogP contribution in [0.15, 0.2) is 18.3 Å². The topological polar surface area (TPSA) is 56.7 Å². The van der Waals surface area contributed by atoms with Gasteiger partial charge in [-0.1, -0.05) is 0 Å². The number of pyridine rings is 1. The third kappa shape index (κ3) is 3.28. The number of aliphatic hydroxyl groups excluding tert-OH is 1. The zero-order valence-corrected chi connectivity index (χ0v) is 12.2. The van der Waals surface area contributed by atoms with Gasteiger partial charge in [-0.2, -0.15) is 0 Å². The zero-order valence-electron chi connectivity index (χ0n) is 12.2. The molecule has 1 N–H and O–H groups in total. The minimum atomic E-state index is -0.0256. The van der Waals surface area contributed by atoms with E-state index in [4.69, 9.17) is 5.11 Å². The minimum Gasteiger partial charge on any atom is -0.396 e. The molecule has 0 aromatic carbocycles. The third-order valence-corrected chi connectivity index (χ3v) is 3.77. The van der Waals surface area contributed by atoms with Crippen molar-refractivity contribution in [3.05, 3.63) is 23.9 Å². The van der Waals surface area contributed by atoms with Crippen LogP contribution in [0.1, 0.15) is 36.0 Å². The highest BCUT2D eigenvalue weighted by atomic mass is 16.3. The van der Waals surface area contributed by atoms with Crippen molar-refractivity contribution in [1.82, 2.24) is 9.88 Å². The molecule has 1 aliphatic rings. The highest BCUT2D eigenvalue weighted by Crippen LogP contribution is 2.26. The average Bonchev–Trinajstić information content (AvgIpc) is 2.92. The molecular weight excluding hydrogens is 254 g/mol. The average molecular weight is 277 g/mol. The molecule has 0 aliphatic carbocycles. The first-order valence-electron chi connectivity index (χ1n) is 7.18. The molecule has 1 fully saturated rings. The summed E-state index contributed by atoms with van der Waals surface area (Å²) in [5.74, 6) is 0.906. The molecular formula is C15H23N3O2. The molecule has 1 atom stereocenters. The van der Waals surface area contributed by atoms with Gasteiger partial charge in [0.05, 0.1) is 5.56 Å². The number of carbonyl (C=O) groups is 1. The second-order valence-corrected chi connectivity index (χ2v) is 5.46. The standard InChI is InChI=1S/C15H23N3O2/c1-17(2)15(20)12-7-8-14(16-11-12)18-9-3-5-13(18)6-4-10-19/h7-8,11,13,19H,3-6,9-10H2,1-2H3. The highest BCUT2D eigenvalue weighted by molar-refractivity contribution is 5.93. The van der Waals surface area contributed by atoms with E-state index in [2.05, 4.69) is 9.88 Å². The SMILES string of the molecule is CN(C)C(=O)c1ccc(N2CCCC2CCCO)nc1. The second kappa shape index (κ2) is 6.70. The molecule has 1 amide bonds. The molecule has 1 aromatic rings. The molecule has 110 valence electrons. The van der Waals surface area contributed by atoms with Crippen molar-refractivity contribution in [2.45, 2.75) is 31.7 Å². The molecule has 1 saturated heterocycles. The summed E-state index contributed by atoms with van der Waals surface area (Å²) in [4.78, 5) is 20.1. The predicted octanol–water partition coefficient (Wildman–Crippen LogP) is 1.52. The van der Waals surface area contributed by atoms with Gasteiger partial charge in [-0.15, -0.1) is 0 Å². The molecule has 0 radical (unpaired) electrons. The van der Waals surface area contributed by atoms with E-state index in [1.807, 2.05) is 12.1 Å². The number of amides is 1. The fourth-order valence-electron chi connectivity index (χ4n) is 2.71. The number of nitrogens with zero attached hydrogens (tertiary/aromatic N) is 3. The normalized spacial score (nSPS) is 18.4.